The lowest BCUT2D eigenvalue weighted by atomic mass is 10.0. The quantitative estimate of drug-likeness (QED) is 0.0720. The van der Waals surface area contributed by atoms with Gasteiger partial charge in [0.25, 0.3) is 11.1 Å². The summed E-state index contributed by atoms with van der Waals surface area (Å²) in [6, 6.07) is 43.6. The van der Waals surface area contributed by atoms with Crippen molar-refractivity contribution in [1.29, 1.82) is 0 Å². The number of hydrogen-bond acceptors (Lipinski definition) is 10. The Morgan fingerprint density at radius 1 is 0.474 bits per heavy atom. The molecule has 6 aromatic heterocycles. The summed E-state index contributed by atoms with van der Waals surface area (Å²) in [5, 5.41) is 19.6. The summed E-state index contributed by atoms with van der Waals surface area (Å²) in [4.78, 5) is 72.4. The minimum absolute atomic E-state index is 0.244. The Bertz CT molecular complexity index is 4600. The van der Waals surface area contributed by atoms with E-state index >= 15 is 0 Å². The molecule has 0 unspecified atom stereocenters. The molecule has 0 atom stereocenters. The number of nitrogens with zero attached hydrogens (tertiary/aromatic N) is 6. The van der Waals surface area contributed by atoms with E-state index in [0.29, 0.717) is 66.8 Å². The molecule has 12 rings (SSSR count). The maximum atomic E-state index is 14.9. The number of amides is 2. The molecule has 0 fully saturated rings. The highest BCUT2D eigenvalue weighted by Gasteiger charge is 2.19. The van der Waals surface area contributed by atoms with Gasteiger partial charge in [-0.25, -0.2) is 0 Å². The summed E-state index contributed by atoms with van der Waals surface area (Å²) >= 11 is 0. The van der Waals surface area contributed by atoms with Gasteiger partial charge in [-0.1, -0.05) is 37.4 Å². The number of benzene rings is 6. The standard InChI is InChI=1S/C62H44N10O4/c1-5-57(73)69-54-28-46(16-7-35(54)3)71-59(75)20-11-39-33-64-52-18-14-44(26-49(52)61(39)71)67-42-13-10-38-32-65-56(25-40(38)23-42)48-30-60(76)72(47-17-8-36(4)55(29-47)70-58(74)6-2)62-50-27-45(15-19-53(50)66-34-51(48)62)68-43-12-9-37-21-22-63-31-41(37)24-43/h5-34,67-68H,1-2H2,3-4H3,(H,69,73)(H,70,74). The normalized spacial score (nSPS) is 11.3. The maximum Gasteiger partial charge on any atom is 0.256 e. The Morgan fingerprint density at radius 3 is 1.68 bits per heavy atom. The van der Waals surface area contributed by atoms with Crippen LogP contribution >= 0.6 is 0 Å². The molecule has 0 aliphatic rings. The van der Waals surface area contributed by atoms with Gasteiger partial charge in [-0.2, -0.15) is 0 Å². The van der Waals surface area contributed by atoms with Gasteiger partial charge in [-0.3, -0.25) is 48.2 Å². The molecule has 14 nitrogen and oxygen atoms in total. The van der Waals surface area contributed by atoms with Gasteiger partial charge in [0.15, 0.2) is 0 Å². The third-order valence-electron chi connectivity index (χ3n) is 13.6. The Kier molecular flexibility index (Phi) is 11.5. The predicted molar refractivity (Wildman–Crippen MR) is 306 cm³/mol. The van der Waals surface area contributed by atoms with Crippen molar-refractivity contribution < 1.29 is 9.59 Å². The summed E-state index contributed by atoms with van der Waals surface area (Å²) in [7, 11) is 0. The average molecular weight is 993 g/mol. The first-order chi connectivity index (χ1) is 37.0. The van der Waals surface area contributed by atoms with Crippen LogP contribution in [0.5, 0.6) is 0 Å². The molecule has 6 aromatic carbocycles. The van der Waals surface area contributed by atoms with E-state index < -0.39 is 0 Å². The van der Waals surface area contributed by atoms with Gasteiger partial charge in [-0.15, -0.1) is 0 Å². The molecule has 6 heterocycles. The minimum atomic E-state index is -0.370. The molecule has 14 heteroatoms. The summed E-state index contributed by atoms with van der Waals surface area (Å²) in [6.07, 6.45) is 11.3. The molecular weight excluding hydrogens is 949 g/mol. The first kappa shape index (κ1) is 46.5. The van der Waals surface area contributed by atoms with Crippen molar-refractivity contribution in [2.75, 3.05) is 21.3 Å². The molecule has 366 valence electrons. The number of aromatic nitrogens is 6. The summed E-state index contributed by atoms with van der Waals surface area (Å²) in [5.74, 6) is -0.725. The fourth-order valence-corrected chi connectivity index (χ4v) is 9.78. The van der Waals surface area contributed by atoms with Crippen molar-refractivity contribution in [3.63, 3.8) is 0 Å². The fraction of sp³-hybridized carbons (Fsp3) is 0.0323. The van der Waals surface area contributed by atoms with Crippen molar-refractivity contribution in [1.82, 2.24) is 29.1 Å². The number of carbonyl (C=O) groups excluding carboxylic acids is 2. The highest BCUT2D eigenvalue weighted by atomic mass is 16.2. The van der Waals surface area contributed by atoms with Gasteiger partial charge >= 0.3 is 0 Å². The summed E-state index contributed by atoms with van der Waals surface area (Å²) in [5.41, 5.74) is 10.3. The lowest BCUT2D eigenvalue weighted by molar-refractivity contribution is -0.112. The van der Waals surface area contributed by atoms with Crippen LogP contribution in [-0.2, 0) is 9.59 Å². The smallest absolute Gasteiger partial charge is 0.256 e. The van der Waals surface area contributed by atoms with E-state index in [-0.39, 0.29) is 22.9 Å². The number of aryl methyl sites for hydroxylation is 2. The number of rotatable bonds is 11. The molecule has 2 amide bonds. The van der Waals surface area contributed by atoms with Crippen LogP contribution in [0.4, 0.5) is 34.1 Å². The van der Waals surface area contributed by atoms with E-state index in [1.54, 1.807) is 58.2 Å². The van der Waals surface area contributed by atoms with Crippen LogP contribution in [0.2, 0.25) is 0 Å². The zero-order chi connectivity index (χ0) is 52.2. The first-order valence-electron chi connectivity index (χ1n) is 24.3. The van der Waals surface area contributed by atoms with Gasteiger partial charge in [0.2, 0.25) is 11.8 Å². The second-order valence-electron chi connectivity index (χ2n) is 18.5. The zero-order valence-corrected chi connectivity index (χ0v) is 41.1. The Morgan fingerprint density at radius 2 is 1.03 bits per heavy atom. The number of carbonyl (C=O) groups is 2. The average Bonchev–Trinajstić information content (AvgIpc) is 3.44. The van der Waals surface area contributed by atoms with Gasteiger partial charge in [0.1, 0.15) is 0 Å². The molecule has 0 spiro atoms. The van der Waals surface area contributed by atoms with Crippen LogP contribution in [-0.4, -0.2) is 40.9 Å². The van der Waals surface area contributed by atoms with Gasteiger partial charge in [0, 0.05) is 115 Å². The van der Waals surface area contributed by atoms with E-state index in [1.807, 2.05) is 129 Å². The molecule has 0 aliphatic heterocycles. The van der Waals surface area contributed by atoms with Crippen molar-refractivity contribution >= 4 is 111 Å². The second-order valence-corrected chi connectivity index (χ2v) is 18.5. The van der Waals surface area contributed by atoms with Gasteiger partial charge in [-0.05, 0) is 151 Å². The number of anilines is 6. The van der Waals surface area contributed by atoms with Crippen molar-refractivity contribution in [3.8, 4) is 22.6 Å². The lowest BCUT2D eigenvalue weighted by Gasteiger charge is -2.18. The summed E-state index contributed by atoms with van der Waals surface area (Å²) < 4.78 is 3.29. The fourth-order valence-electron chi connectivity index (χ4n) is 9.78. The van der Waals surface area contributed by atoms with Crippen LogP contribution in [0.1, 0.15) is 11.1 Å². The van der Waals surface area contributed by atoms with Crippen molar-refractivity contribution in [2.45, 2.75) is 13.8 Å². The van der Waals surface area contributed by atoms with Crippen LogP contribution < -0.4 is 32.4 Å². The molecule has 0 aliphatic carbocycles. The Hall–Kier alpha value is -10.6. The van der Waals surface area contributed by atoms with Crippen molar-refractivity contribution in [2.24, 2.45) is 0 Å². The third-order valence-corrected chi connectivity index (χ3v) is 13.6. The third kappa shape index (κ3) is 8.50. The predicted octanol–water partition coefficient (Wildman–Crippen LogP) is 12.5. The zero-order valence-electron chi connectivity index (χ0n) is 41.1. The number of pyridine rings is 6. The van der Waals surface area contributed by atoms with Crippen LogP contribution in [0.3, 0.4) is 0 Å². The molecule has 0 bridgehead atoms. The number of nitrogens with one attached hydrogen (secondary N) is 4. The topological polar surface area (TPSA) is 178 Å². The van der Waals surface area contributed by atoms with E-state index in [2.05, 4.69) is 39.4 Å². The Labute approximate surface area is 433 Å². The van der Waals surface area contributed by atoms with E-state index in [4.69, 9.17) is 15.0 Å². The van der Waals surface area contributed by atoms with Crippen LogP contribution in [0.25, 0.3) is 87.8 Å². The lowest BCUT2D eigenvalue weighted by Crippen LogP contribution is -2.19. The minimum Gasteiger partial charge on any atom is -0.355 e. The first-order valence-corrected chi connectivity index (χ1v) is 24.3. The molecule has 76 heavy (non-hydrogen) atoms. The maximum absolute atomic E-state index is 14.9. The SMILES string of the molecule is C=CC(=O)Nc1cc(-n2c(=O)ccc3cnc4ccc(Nc5ccc6cnc(-c7cc(=O)n(-c8ccc(C)c(NC(=O)C=C)c8)c8c7cnc7ccc(Nc9ccc%10ccncc%10c9)cc78)cc6c5)cc4c32)ccc1C. The molecular formula is C62H44N10O4. The van der Waals surface area contributed by atoms with Crippen LogP contribution in [0, 0.1) is 13.8 Å². The van der Waals surface area contributed by atoms with E-state index in [0.717, 1.165) is 66.2 Å². The number of fused-ring (bicyclic) bond motifs is 8. The van der Waals surface area contributed by atoms with Crippen LogP contribution in [0.15, 0.2) is 205 Å². The highest BCUT2D eigenvalue weighted by Crippen LogP contribution is 2.37. The van der Waals surface area contributed by atoms with E-state index in [1.165, 1.54) is 18.2 Å². The van der Waals surface area contributed by atoms with Gasteiger partial charge < -0.3 is 21.3 Å². The largest absolute Gasteiger partial charge is 0.355 e. The molecule has 12 aromatic rings. The van der Waals surface area contributed by atoms with Crippen molar-refractivity contribution in [3.05, 3.63) is 228 Å². The summed E-state index contributed by atoms with van der Waals surface area (Å²) in [6.45, 7) is 11.0. The molecule has 4 N–H and O–H groups in total. The molecule has 0 saturated carbocycles. The molecule has 0 saturated heterocycles. The van der Waals surface area contributed by atoms with E-state index in [9.17, 15) is 19.2 Å². The highest BCUT2D eigenvalue weighted by molar-refractivity contribution is 6.11. The molecule has 0 radical (unpaired) electrons. The number of hydrogen-bond donors (Lipinski definition) is 4. The Balaban J connectivity index is 0.963. The second kappa shape index (κ2) is 18.8. The monoisotopic (exact) mass is 992 g/mol. The van der Waals surface area contributed by atoms with Gasteiger partial charge in [0.05, 0.1) is 39.1 Å².